The van der Waals surface area contributed by atoms with Crippen LogP contribution in [-0.2, 0) is 18.7 Å². The first-order valence-electron chi connectivity index (χ1n) is 12.6. The van der Waals surface area contributed by atoms with E-state index in [1.165, 1.54) is 42.6 Å². The highest BCUT2D eigenvalue weighted by atomic mass is 19.1. The maximum atomic E-state index is 14.9. The fourth-order valence-electron chi connectivity index (χ4n) is 3.75. The number of likely N-dealkylation sites (N-methyl/N-ethyl adjacent to an activating group) is 1. The lowest BCUT2D eigenvalue weighted by Gasteiger charge is -2.39. The topological polar surface area (TPSA) is 67.1 Å². The van der Waals surface area contributed by atoms with E-state index in [1.54, 1.807) is 6.07 Å². The second-order valence-electron chi connectivity index (χ2n) is 8.37. The van der Waals surface area contributed by atoms with E-state index in [2.05, 4.69) is 26.9 Å². The summed E-state index contributed by atoms with van der Waals surface area (Å²) < 4.78 is 81.2. The van der Waals surface area contributed by atoms with Crippen molar-refractivity contribution in [3.8, 4) is 11.8 Å². The minimum absolute atomic E-state index is 0.0191. The van der Waals surface area contributed by atoms with Crippen molar-refractivity contribution in [2.45, 2.75) is 31.7 Å². The highest BCUT2D eigenvalue weighted by Gasteiger charge is 2.41. The Morgan fingerprint density at radius 3 is 2.43 bits per heavy atom. The molecule has 6 nitrogen and oxygen atoms in total. The summed E-state index contributed by atoms with van der Waals surface area (Å²) in [4.78, 5) is 8.98. The molecule has 0 aliphatic rings. The summed E-state index contributed by atoms with van der Waals surface area (Å²) in [6.07, 6.45) is 3.85. The maximum Gasteiger partial charge on any atom is 0.141 e. The third kappa shape index (κ3) is 6.02. The zero-order chi connectivity index (χ0) is 29.1. The van der Waals surface area contributed by atoms with Gasteiger partial charge in [-0.2, -0.15) is 5.10 Å². The zero-order valence-corrected chi connectivity index (χ0v) is 19.5. The molecule has 2 atom stereocenters. The van der Waals surface area contributed by atoms with Crippen molar-refractivity contribution in [3.63, 3.8) is 0 Å². The number of halogens is 4. The Labute approximate surface area is 215 Å². The van der Waals surface area contributed by atoms with Crippen LogP contribution in [-0.4, -0.2) is 42.8 Å². The molecule has 0 unspecified atom stereocenters. The second-order valence-corrected chi connectivity index (χ2v) is 8.37. The predicted molar refractivity (Wildman–Crippen MR) is 128 cm³/mol. The SMILES string of the molecule is [2H]C([2H])([2H])N(Cc1ccc(C#Cc2ccc(F)cc2F)nc1)[C@H](C)[C@](O)(Cn1cncn1)c1ccc(F)cc1F. The molecule has 0 aliphatic carbocycles. The quantitative estimate of drug-likeness (QED) is 0.299. The van der Waals surface area contributed by atoms with Gasteiger partial charge in [0, 0.05) is 40.6 Å². The number of rotatable bonds is 7. The molecule has 4 rings (SSSR count). The fraction of sp³-hybridized carbons (Fsp3) is 0.222. The van der Waals surface area contributed by atoms with Crippen molar-refractivity contribution < 1.29 is 26.8 Å². The van der Waals surface area contributed by atoms with Crippen LogP contribution in [0.2, 0.25) is 0 Å². The Kier molecular flexibility index (Phi) is 6.53. The van der Waals surface area contributed by atoms with E-state index < -0.39 is 41.9 Å². The Bertz CT molecular complexity index is 1540. The number of aromatic nitrogens is 4. The van der Waals surface area contributed by atoms with E-state index in [0.29, 0.717) is 17.7 Å². The number of benzene rings is 2. The number of nitrogens with zero attached hydrogens (tertiary/aromatic N) is 5. The van der Waals surface area contributed by atoms with Crippen LogP contribution >= 0.6 is 0 Å². The molecule has 1 N–H and O–H groups in total. The summed E-state index contributed by atoms with van der Waals surface area (Å²) in [6, 6.07) is 7.43. The van der Waals surface area contributed by atoms with Crippen molar-refractivity contribution in [2.75, 3.05) is 6.98 Å². The first kappa shape index (κ1) is 22.2. The summed E-state index contributed by atoms with van der Waals surface area (Å²) in [5.74, 6) is 1.77. The largest absolute Gasteiger partial charge is 0.381 e. The molecule has 0 saturated heterocycles. The van der Waals surface area contributed by atoms with E-state index in [1.807, 2.05) is 0 Å². The van der Waals surface area contributed by atoms with Crippen molar-refractivity contribution in [3.05, 3.63) is 113 Å². The standard InChI is InChI=1S/C27H23F4N5O/c1-18(27(37,15-36-17-32-16-34-36)24-10-7-22(29)12-26(24)31)35(2)14-19-3-8-23(33-13-19)9-5-20-4-6-21(28)11-25(20)30/h3-4,6-8,10-13,16-18,37H,14-15H2,1-2H3/t18-,27-/m1/s1/i2D3. The highest BCUT2D eigenvalue weighted by molar-refractivity contribution is 5.41. The highest BCUT2D eigenvalue weighted by Crippen LogP contribution is 2.32. The summed E-state index contributed by atoms with van der Waals surface area (Å²) in [5.41, 5.74) is -1.85. The van der Waals surface area contributed by atoms with Crippen LogP contribution in [0.15, 0.2) is 67.4 Å². The number of pyridine rings is 1. The minimum atomic E-state index is -2.76. The molecule has 0 radical (unpaired) electrons. The lowest BCUT2D eigenvalue weighted by molar-refractivity contribution is -0.0591. The van der Waals surface area contributed by atoms with Gasteiger partial charge in [-0.3, -0.25) is 4.90 Å². The monoisotopic (exact) mass is 512 g/mol. The molecule has 0 bridgehead atoms. The van der Waals surface area contributed by atoms with Gasteiger partial charge in [0.05, 0.1) is 12.1 Å². The van der Waals surface area contributed by atoms with Gasteiger partial charge in [-0.05, 0) is 49.6 Å². The van der Waals surface area contributed by atoms with Crippen molar-refractivity contribution in [1.82, 2.24) is 24.6 Å². The lowest BCUT2D eigenvalue weighted by Crippen LogP contribution is -2.50. The third-order valence-electron chi connectivity index (χ3n) is 5.86. The smallest absolute Gasteiger partial charge is 0.141 e. The van der Waals surface area contributed by atoms with Gasteiger partial charge in [0.2, 0.25) is 0 Å². The summed E-state index contributed by atoms with van der Waals surface area (Å²) in [6.45, 7) is -1.97. The van der Waals surface area contributed by atoms with Crippen LogP contribution in [0.5, 0.6) is 0 Å². The molecular weight excluding hydrogens is 486 g/mol. The third-order valence-corrected chi connectivity index (χ3v) is 5.86. The van der Waals surface area contributed by atoms with Gasteiger partial charge in [0.15, 0.2) is 0 Å². The zero-order valence-electron chi connectivity index (χ0n) is 22.5. The number of hydrogen-bond donors (Lipinski definition) is 1. The molecule has 2 heterocycles. The van der Waals surface area contributed by atoms with Gasteiger partial charge in [-0.25, -0.2) is 32.2 Å². The maximum absolute atomic E-state index is 14.9. The Balaban J connectivity index is 1.64. The first-order valence-corrected chi connectivity index (χ1v) is 11.1. The van der Waals surface area contributed by atoms with Crippen molar-refractivity contribution in [1.29, 1.82) is 0 Å². The average Bonchev–Trinajstić information content (AvgIpc) is 3.39. The van der Waals surface area contributed by atoms with E-state index in [9.17, 15) is 22.7 Å². The molecule has 0 aliphatic heterocycles. The van der Waals surface area contributed by atoms with Gasteiger partial charge in [-0.15, -0.1) is 0 Å². The number of aliphatic hydroxyl groups is 1. The van der Waals surface area contributed by atoms with Crippen LogP contribution in [0.4, 0.5) is 17.6 Å². The van der Waals surface area contributed by atoms with Crippen LogP contribution in [0.3, 0.4) is 0 Å². The molecule has 0 saturated carbocycles. The van der Waals surface area contributed by atoms with Gasteiger partial charge in [0.1, 0.15) is 47.2 Å². The van der Waals surface area contributed by atoms with E-state index in [-0.39, 0.29) is 29.9 Å². The lowest BCUT2D eigenvalue weighted by atomic mass is 9.85. The van der Waals surface area contributed by atoms with Gasteiger partial charge >= 0.3 is 0 Å². The molecule has 0 spiro atoms. The Morgan fingerprint density at radius 1 is 1.05 bits per heavy atom. The molecule has 0 amide bonds. The van der Waals surface area contributed by atoms with Crippen molar-refractivity contribution >= 4 is 0 Å². The Morgan fingerprint density at radius 2 is 1.81 bits per heavy atom. The molecule has 2 aromatic carbocycles. The summed E-state index contributed by atoms with van der Waals surface area (Å²) in [7, 11) is 0. The normalized spacial score (nSPS) is 15.2. The minimum Gasteiger partial charge on any atom is -0.381 e. The molecule has 2 aromatic heterocycles. The first-order chi connectivity index (χ1) is 18.9. The van der Waals surface area contributed by atoms with E-state index in [4.69, 9.17) is 4.11 Å². The second kappa shape index (κ2) is 10.9. The molecule has 190 valence electrons. The van der Waals surface area contributed by atoms with E-state index in [0.717, 1.165) is 23.1 Å². The summed E-state index contributed by atoms with van der Waals surface area (Å²) >= 11 is 0. The fourth-order valence-corrected chi connectivity index (χ4v) is 3.75. The molecule has 37 heavy (non-hydrogen) atoms. The molecule has 0 fully saturated rings. The van der Waals surface area contributed by atoms with E-state index >= 15 is 0 Å². The average molecular weight is 513 g/mol. The van der Waals surface area contributed by atoms with Crippen molar-refractivity contribution in [2.24, 2.45) is 0 Å². The Hall–Kier alpha value is -4.07. The van der Waals surface area contributed by atoms with Gasteiger partial charge in [0.25, 0.3) is 0 Å². The molecule has 10 heteroatoms. The molecular formula is C27H23F4N5O. The van der Waals surface area contributed by atoms with Gasteiger partial charge in [-0.1, -0.05) is 18.1 Å². The van der Waals surface area contributed by atoms with Crippen LogP contribution in [0.1, 0.15) is 33.4 Å². The number of hydrogen-bond acceptors (Lipinski definition) is 5. The van der Waals surface area contributed by atoms with Crippen LogP contribution in [0.25, 0.3) is 0 Å². The predicted octanol–water partition coefficient (Wildman–Crippen LogP) is 4.04. The van der Waals surface area contributed by atoms with Crippen LogP contribution in [0, 0.1) is 35.1 Å². The summed E-state index contributed by atoms with van der Waals surface area (Å²) in [5, 5.41) is 15.8. The van der Waals surface area contributed by atoms with Crippen LogP contribution < -0.4 is 0 Å². The van der Waals surface area contributed by atoms with Gasteiger partial charge < -0.3 is 5.11 Å². The molecule has 4 aromatic rings.